The number of furan rings is 1. The maximum absolute atomic E-state index is 11.7. The molecule has 14 heavy (non-hydrogen) atoms. The quantitative estimate of drug-likeness (QED) is 0.667. The second kappa shape index (κ2) is 3.46. The lowest BCUT2D eigenvalue weighted by atomic mass is 10.3. The van der Waals surface area contributed by atoms with Crippen LogP contribution >= 0.6 is 11.6 Å². The molecule has 74 valence electrons. The van der Waals surface area contributed by atoms with Gasteiger partial charge < -0.3 is 4.42 Å². The summed E-state index contributed by atoms with van der Waals surface area (Å²) in [5.74, 6) is -0.515. The highest BCUT2D eigenvalue weighted by Crippen LogP contribution is 2.21. The van der Waals surface area contributed by atoms with Crippen LogP contribution in [0.15, 0.2) is 16.7 Å². The Balaban J connectivity index is 2.24. The van der Waals surface area contributed by atoms with Crippen molar-refractivity contribution in [3.8, 4) is 0 Å². The predicted molar refractivity (Wildman–Crippen MR) is 49.0 cm³/mol. The predicted octanol–water partition coefficient (Wildman–Crippen LogP) is 1.70. The molecule has 0 bridgehead atoms. The number of nitrogens with zero attached hydrogens (tertiary/aromatic N) is 1. The lowest BCUT2D eigenvalue weighted by Gasteiger charge is -2.11. The van der Waals surface area contributed by atoms with E-state index in [1.165, 1.54) is 17.2 Å². The summed E-state index contributed by atoms with van der Waals surface area (Å²) >= 11 is 5.64. The number of amides is 2. The molecule has 1 fully saturated rings. The first-order valence-electron chi connectivity index (χ1n) is 4.28. The fraction of sp³-hybridized carbons (Fsp3) is 0.333. The van der Waals surface area contributed by atoms with Crippen LogP contribution < -0.4 is 0 Å². The van der Waals surface area contributed by atoms with Gasteiger partial charge in [-0.25, -0.2) is 0 Å². The molecule has 0 unspecified atom stereocenters. The third-order valence-corrected chi connectivity index (χ3v) is 2.46. The van der Waals surface area contributed by atoms with Crippen molar-refractivity contribution >= 4 is 23.4 Å². The van der Waals surface area contributed by atoms with Crippen LogP contribution in [0, 0.1) is 0 Å². The van der Waals surface area contributed by atoms with Gasteiger partial charge in [0.1, 0.15) is 0 Å². The number of hydrogen-bond acceptors (Lipinski definition) is 3. The molecule has 0 aromatic carbocycles. The van der Waals surface area contributed by atoms with Crippen LogP contribution in [-0.2, 0) is 4.79 Å². The van der Waals surface area contributed by atoms with Crippen molar-refractivity contribution in [3.63, 3.8) is 0 Å². The largest absolute Gasteiger partial charge is 0.452 e. The zero-order chi connectivity index (χ0) is 10.1. The Morgan fingerprint density at radius 1 is 1.57 bits per heavy atom. The number of imide groups is 1. The lowest BCUT2D eigenvalue weighted by Crippen LogP contribution is -2.31. The number of likely N-dealkylation sites (tertiary alicyclic amines) is 1. The van der Waals surface area contributed by atoms with Gasteiger partial charge in [0.15, 0.2) is 0 Å². The fourth-order valence-electron chi connectivity index (χ4n) is 1.45. The molecule has 1 saturated heterocycles. The second-order valence-electron chi connectivity index (χ2n) is 3.06. The molecule has 1 aromatic rings. The van der Waals surface area contributed by atoms with E-state index in [-0.39, 0.29) is 22.6 Å². The van der Waals surface area contributed by atoms with Gasteiger partial charge in [0.05, 0.1) is 11.8 Å². The molecule has 2 heterocycles. The molecule has 0 atom stereocenters. The first-order chi connectivity index (χ1) is 6.70. The molecule has 0 spiro atoms. The van der Waals surface area contributed by atoms with Gasteiger partial charge in [-0.2, -0.15) is 0 Å². The standard InChI is InChI=1S/C9H8ClNO3/c10-8-6(3-5-14-8)9(13)11-4-1-2-7(11)12/h3,5H,1-2,4H2. The zero-order valence-electron chi connectivity index (χ0n) is 7.33. The van der Waals surface area contributed by atoms with Crippen molar-refractivity contribution in [1.29, 1.82) is 0 Å². The van der Waals surface area contributed by atoms with E-state index < -0.39 is 0 Å². The first kappa shape index (κ1) is 9.27. The molecule has 0 saturated carbocycles. The van der Waals surface area contributed by atoms with Crippen LogP contribution in [-0.4, -0.2) is 23.3 Å². The first-order valence-corrected chi connectivity index (χ1v) is 4.65. The average Bonchev–Trinajstić information content (AvgIpc) is 2.73. The number of rotatable bonds is 1. The minimum absolute atomic E-state index is 0.0368. The summed E-state index contributed by atoms with van der Waals surface area (Å²) in [4.78, 5) is 24.2. The van der Waals surface area contributed by atoms with Gasteiger partial charge in [0, 0.05) is 13.0 Å². The van der Waals surface area contributed by atoms with Crippen molar-refractivity contribution in [2.45, 2.75) is 12.8 Å². The molecule has 5 heteroatoms. The molecule has 2 amide bonds. The summed E-state index contributed by atoms with van der Waals surface area (Å²) in [7, 11) is 0. The molecule has 0 N–H and O–H groups in total. The Bertz CT molecular complexity index is 385. The smallest absolute Gasteiger partial charge is 0.265 e. The summed E-state index contributed by atoms with van der Waals surface area (Å²) in [6, 6.07) is 1.47. The monoisotopic (exact) mass is 213 g/mol. The summed E-state index contributed by atoms with van der Waals surface area (Å²) in [6.45, 7) is 0.471. The van der Waals surface area contributed by atoms with E-state index >= 15 is 0 Å². The highest BCUT2D eigenvalue weighted by molar-refractivity contribution is 6.32. The Hall–Kier alpha value is -1.29. The van der Waals surface area contributed by atoms with Gasteiger partial charge in [0.25, 0.3) is 5.91 Å². The van der Waals surface area contributed by atoms with E-state index in [0.29, 0.717) is 13.0 Å². The number of hydrogen-bond donors (Lipinski definition) is 0. The Kier molecular flexibility index (Phi) is 2.29. The zero-order valence-corrected chi connectivity index (χ0v) is 8.08. The van der Waals surface area contributed by atoms with E-state index in [9.17, 15) is 9.59 Å². The molecule has 2 rings (SSSR count). The highest BCUT2D eigenvalue weighted by Gasteiger charge is 2.29. The van der Waals surface area contributed by atoms with Gasteiger partial charge in [-0.15, -0.1) is 0 Å². The van der Waals surface area contributed by atoms with E-state index in [1.54, 1.807) is 0 Å². The molecule has 1 aromatic heterocycles. The van der Waals surface area contributed by atoms with E-state index in [2.05, 4.69) is 0 Å². The fourth-order valence-corrected chi connectivity index (χ4v) is 1.65. The summed E-state index contributed by atoms with van der Waals surface area (Å²) in [6.07, 6.45) is 2.48. The minimum Gasteiger partial charge on any atom is -0.452 e. The highest BCUT2D eigenvalue weighted by atomic mass is 35.5. The van der Waals surface area contributed by atoms with Crippen LogP contribution in [0.4, 0.5) is 0 Å². The topological polar surface area (TPSA) is 50.5 Å². The summed E-state index contributed by atoms with van der Waals surface area (Å²) in [5, 5.41) is 0.0368. The normalized spacial score (nSPS) is 16.4. The molecule has 1 aliphatic heterocycles. The van der Waals surface area contributed by atoms with Gasteiger partial charge in [-0.3, -0.25) is 14.5 Å². The molecule has 4 nitrogen and oxygen atoms in total. The average molecular weight is 214 g/mol. The SMILES string of the molecule is O=C1CCCN1C(=O)c1ccoc1Cl. The van der Waals surface area contributed by atoms with Crippen molar-refractivity contribution in [1.82, 2.24) is 4.90 Å². The van der Waals surface area contributed by atoms with Gasteiger partial charge >= 0.3 is 0 Å². The molecular weight excluding hydrogens is 206 g/mol. The van der Waals surface area contributed by atoms with Gasteiger partial charge in [-0.1, -0.05) is 0 Å². The number of halogens is 1. The van der Waals surface area contributed by atoms with Crippen LogP contribution in [0.1, 0.15) is 23.2 Å². The van der Waals surface area contributed by atoms with E-state index in [0.717, 1.165) is 6.42 Å². The van der Waals surface area contributed by atoms with Crippen molar-refractivity contribution in [2.75, 3.05) is 6.54 Å². The van der Waals surface area contributed by atoms with Crippen molar-refractivity contribution < 1.29 is 14.0 Å². The van der Waals surface area contributed by atoms with Crippen molar-refractivity contribution in [3.05, 3.63) is 23.1 Å². The minimum atomic E-state index is -0.369. The summed E-state index contributed by atoms with van der Waals surface area (Å²) < 4.78 is 4.79. The van der Waals surface area contributed by atoms with E-state index in [4.69, 9.17) is 16.0 Å². The number of carbonyl (C=O) groups is 2. The van der Waals surface area contributed by atoms with Crippen LogP contribution in [0.3, 0.4) is 0 Å². The van der Waals surface area contributed by atoms with Gasteiger partial charge in [0.2, 0.25) is 11.1 Å². The lowest BCUT2D eigenvalue weighted by molar-refractivity contribution is -0.125. The Morgan fingerprint density at radius 2 is 2.36 bits per heavy atom. The van der Waals surface area contributed by atoms with Gasteiger partial charge in [-0.05, 0) is 24.1 Å². The molecular formula is C9H8ClNO3. The Morgan fingerprint density at radius 3 is 2.86 bits per heavy atom. The van der Waals surface area contributed by atoms with Crippen molar-refractivity contribution in [2.24, 2.45) is 0 Å². The molecule has 0 radical (unpaired) electrons. The maximum Gasteiger partial charge on any atom is 0.265 e. The summed E-state index contributed by atoms with van der Waals surface area (Å²) in [5.41, 5.74) is 0.252. The Labute approximate surface area is 85.4 Å². The maximum atomic E-state index is 11.7. The third kappa shape index (κ3) is 1.42. The second-order valence-corrected chi connectivity index (χ2v) is 3.41. The third-order valence-electron chi connectivity index (χ3n) is 2.17. The number of carbonyl (C=O) groups excluding carboxylic acids is 2. The van der Waals surface area contributed by atoms with Crippen LogP contribution in [0.2, 0.25) is 5.22 Å². The molecule has 0 aliphatic carbocycles. The van der Waals surface area contributed by atoms with Crippen LogP contribution in [0.25, 0.3) is 0 Å². The van der Waals surface area contributed by atoms with Crippen LogP contribution in [0.5, 0.6) is 0 Å². The van der Waals surface area contributed by atoms with E-state index in [1.807, 2.05) is 0 Å². The molecule has 1 aliphatic rings.